The van der Waals surface area contributed by atoms with Crippen LogP contribution in [-0.2, 0) is 9.59 Å². The van der Waals surface area contributed by atoms with Crippen molar-refractivity contribution in [3.05, 3.63) is 0 Å². The van der Waals surface area contributed by atoms with Crippen molar-refractivity contribution in [2.45, 2.75) is 63.3 Å². The molecule has 2 saturated heterocycles. The van der Waals surface area contributed by atoms with Gasteiger partial charge in [0.05, 0.1) is 12.5 Å². The van der Waals surface area contributed by atoms with Crippen molar-refractivity contribution < 1.29 is 9.59 Å². The summed E-state index contributed by atoms with van der Waals surface area (Å²) in [5.74, 6) is 1.14. The number of thioether (sulfide) groups is 1. The number of rotatable bonds is 5. The summed E-state index contributed by atoms with van der Waals surface area (Å²) in [6, 6.07) is -0.289. The number of nitrogens with one attached hydrogen (secondary N) is 1. The average Bonchev–Trinajstić information content (AvgIpc) is 2.92. The lowest BCUT2D eigenvalue weighted by molar-refractivity contribution is -0.141. The SMILES string of the molecule is CCC(C)N1C(=O)CC(NCC2(C)CCCS2)C1=O. The average molecular weight is 284 g/mol. The van der Waals surface area contributed by atoms with Crippen molar-refractivity contribution in [2.24, 2.45) is 0 Å². The van der Waals surface area contributed by atoms with E-state index in [1.54, 1.807) is 0 Å². The molecular formula is C14H24N2O2S. The maximum absolute atomic E-state index is 12.3. The van der Waals surface area contributed by atoms with E-state index in [0.717, 1.165) is 13.0 Å². The van der Waals surface area contributed by atoms with E-state index in [1.807, 2.05) is 25.6 Å². The van der Waals surface area contributed by atoms with Gasteiger partial charge in [-0.15, -0.1) is 0 Å². The van der Waals surface area contributed by atoms with E-state index in [4.69, 9.17) is 0 Å². The van der Waals surface area contributed by atoms with Crippen molar-refractivity contribution in [3.8, 4) is 0 Å². The molecular weight excluding hydrogens is 260 g/mol. The maximum atomic E-state index is 12.3. The summed E-state index contributed by atoms with van der Waals surface area (Å²) in [5, 5.41) is 3.32. The Morgan fingerprint density at radius 3 is 2.84 bits per heavy atom. The largest absolute Gasteiger partial charge is 0.304 e. The topological polar surface area (TPSA) is 49.4 Å². The van der Waals surface area contributed by atoms with Gasteiger partial charge in [0.2, 0.25) is 11.8 Å². The Morgan fingerprint density at radius 1 is 1.53 bits per heavy atom. The van der Waals surface area contributed by atoms with Gasteiger partial charge in [0.25, 0.3) is 0 Å². The first-order chi connectivity index (χ1) is 8.97. The zero-order valence-corrected chi connectivity index (χ0v) is 12.9. The van der Waals surface area contributed by atoms with Gasteiger partial charge in [0.15, 0.2) is 0 Å². The van der Waals surface area contributed by atoms with Crippen LogP contribution in [0.2, 0.25) is 0 Å². The van der Waals surface area contributed by atoms with Gasteiger partial charge in [-0.25, -0.2) is 0 Å². The van der Waals surface area contributed by atoms with Crippen LogP contribution in [0.3, 0.4) is 0 Å². The van der Waals surface area contributed by atoms with E-state index in [2.05, 4.69) is 12.2 Å². The first kappa shape index (κ1) is 14.9. The van der Waals surface area contributed by atoms with Crippen molar-refractivity contribution in [1.29, 1.82) is 0 Å². The van der Waals surface area contributed by atoms with Gasteiger partial charge in [-0.1, -0.05) is 6.92 Å². The number of nitrogens with zero attached hydrogens (tertiary/aromatic N) is 1. The molecule has 2 fully saturated rings. The molecule has 108 valence electrons. The van der Waals surface area contributed by atoms with Crippen LogP contribution in [0.1, 0.15) is 46.5 Å². The van der Waals surface area contributed by atoms with Crippen LogP contribution in [0.4, 0.5) is 0 Å². The fourth-order valence-corrected chi connectivity index (χ4v) is 4.03. The second-order valence-electron chi connectivity index (χ2n) is 5.90. The predicted molar refractivity (Wildman–Crippen MR) is 78.1 cm³/mol. The molecule has 5 heteroatoms. The molecule has 0 aromatic heterocycles. The zero-order chi connectivity index (χ0) is 14.0. The Bertz CT molecular complexity index is 366. The first-order valence-corrected chi connectivity index (χ1v) is 8.18. The molecule has 3 unspecified atom stereocenters. The van der Waals surface area contributed by atoms with Crippen LogP contribution in [0, 0.1) is 0 Å². The molecule has 2 heterocycles. The third-order valence-corrected chi connectivity index (χ3v) is 5.78. The van der Waals surface area contributed by atoms with E-state index in [9.17, 15) is 9.59 Å². The van der Waals surface area contributed by atoms with Gasteiger partial charge >= 0.3 is 0 Å². The normalized spacial score (nSPS) is 33.2. The van der Waals surface area contributed by atoms with Crippen LogP contribution in [0.15, 0.2) is 0 Å². The molecule has 2 amide bonds. The highest BCUT2D eigenvalue weighted by molar-refractivity contribution is 8.00. The number of hydrogen-bond acceptors (Lipinski definition) is 4. The van der Waals surface area contributed by atoms with Gasteiger partial charge in [-0.2, -0.15) is 11.8 Å². The fourth-order valence-electron chi connectivity index (χ4n) is 2.77. The van der Waals surface area contributed by atoms with E-state index < -0.39 is 0 Å². The minimum atomic E-state index is -0.306. The maximum Gasteiger partial charge on any atom is 0.247 e. The fraction of sp³-hybridized carbons (Fsp3) is 0.857. The van der Waals surface area contributed by atoms with Gasteiger partial charge < -0.3 is 5.32 Å². The summed E-state index contributed by atoms with van der Waals surface area (Å²) in [7, 11) is 0. The standard InChI is InChI=1S/C14H24N2O2S/c1-4-10(2)16-12(17)8-11(13(16)18)15-9-14(3)6-5-7-19-14/h10-11,15H,4-9H2,1-3H3. The molecule has 2 aliphatic rings. The molecule has 0 aliphatic carbocycles. The highest BCUT2D eigenvalue weighted by Crippen LogP contribution is 2.37. The lowest BCUT2D eigenvalue weighted by Gasteiger charge is -2.25. The van der Waals surface area contributed by atoms with Crippen LogP contribution in [-0.4, -0.2) is 45.8 Å². The number of likely N-dealkylation sites (tertiary alicyclic amines) is 1. The first-order valence-electron chi connectivity index (χ1n) is 7.20. The Morgan fingerprint density at radius 2 is 2.26 bits per heavy atom. The summed E-state index contributed by atoms with van der Waals surface area (Å²) in [4.78, 5) is 25.6. The molecule has 4 nitrogen and oxygen atoms in total. The minimum absolute atomic E-state index is 0.0169. The van der Waals surface area contributed by atoms with Crippen LogP contribution >= 0.6 is 11.8 Å². The molecule has 0 aromatic rings. The van der Waals surface area contributed by atoms with Gasteiger partial charge in [0.1, 0.15) is 0 Å². The molecule has 0 aromatic carbocycles. The van der Waals surface area contributed by atoms with Crippen LogP contribution < -0.4 is 5.32 Å². The summed E-state index contributed by atoms with van der Waals surface area (Å²) in [5.41, 5.74) is 0. The molecule has 2 rings (SSSR count). The molecule has 3 atom stereocenters. The molecule has 19 heavy (non-hydrogen) atoms. The molecule has 0 bridgehead atoms. The monoisotopic (exact) mass is 284 g/mol. The number of amides is 2. The Kier molecular flexibility index (Phi) is 4.56. The third-order valence-electron chi connectivity index (χ3n) is 4.24. The van der Waals surface area contributed by atoms with E-state index in [-0.39, 0.29) is 28.6 Å². The number of imide groups is 1. The smallest absolute Gasteiger partial charge is 0.247 e. The van der Waals surface area contributed by atoms with Gasteiger partial charge in [-0.05, 0) is 38.9 Å². The Hall–Kier alpha value is -0.550. The van der Waals surface area contributed by atoms with Crippen molar-refractivity contribution in [1.82, 2.24) is 10.2 Å². The zero-order valence-electron chi connectivity index (χ0n) is 12.1. The van der Waals surface area contributed by atoms with Crippen molar-refractivity contribution >= 4 is 23.6 Å². The van der Waals surface area contributed by atoms with Crippen molar-refractivity contribution in [2.75, 3.05) is 12.3 Å². The van der Waals surface area contributed by atoms with E-state index in [1.165, 1.54) is 23.5 Å². The second-order valence-corrected chi connectivity index (χ2v) is 7.58. The Labute approximate surface area is 119 Å². The minimum Gasteiger partial charge on any atom is -0.304 e. The summed E-state index contributed by atoms with van der Waals surface area (Å²) >= 11 is 1.97. The van der Waals surface area contributed by atoms with Gasteiger partial charge in [0, 0.05) is 17.3 Å². The van der Waals surface area contributed by atoms with Gasteiger partial charge in [-0.3, -0.25) is 14.5 Å². The van der Waals surface area contributed by atoms with E-state index in [0.29, 0.717) is 6.42 Å². The van der Waals surface area contributed by atoms with E-state index >= 15 is 0 Å². The highest BCUT2D eigenvalue weighted by atomic mass is 32.2. The second kappa shape index (κ2) is 5.83. The quantitative estimate of drug-likeness (QED) is 0.782. The molecule has 1 N–H and O–H groups in total. The van der Waals surface area contributed by atoms with Crippen molar-refractivity contribution in [3.63, 3.8) is 0 Å². The number of hydrogen-bond donors (Lipinski definition) is 1. The van der Waals surface area contributed by atoms with Crippen LogP contribution in [0.25, 0.3) is 0 Å². The molecule has 0 spiro atoms. The predicted octanol–water partition coefficient (Wildman–Crippen LogP) is 1.79. The number of carbonyl (C=O) groups is 2. The Balaban J connectivity index is 1.92. The lowest BCUT2D eigenvalue weighted by atomic mass is 10.1. The molecule has 2 aliphatic heterocycles. The lowest BCUT2D eigenvalue weighted by Crippen LogP contribution is -2.45. The number of carbonyl (C=O) groups excluding carboxylic acids is 2. The highest BCUT2D eigenvalue weighted by Gasteiger charge is 2.41. The summed E-state index contributed by atoms with van der Waals surface area (Å²) in [6.07, 6.45) is 3.58. The molecule has 0 radical (unpaired) electrons. The third kappa shape index (κ3) is 3.14. The summed E-state index contributed by atoms with van der Waals surface area (Å²) in [6.45, 7) is 7.00. The summed E-state index contributed by atoms with van der Waals surface area (Å²) < 4.78 is 0.229. The molecule has 0 saturated carbocycles. The van der Waals surface area contributed by atoms with Crippen LogP contribution in [0.5, 0.6) is 0 Å².